The Morgan fingerprint density at radius 3 is 2.25 bits per heavy atom. The van der Waals surface area contributed by atoms with E-state index < -0.39 is 10.0 Å². The van der Waals surface area contributed by atoms with E-state index in [0.29, 0.717) is 17.9 Å². The monoisotopic (exact) mass is 462 g/mol. The average Bonchev–Trinajstić information content (AvgIpc) is 2.69. The van der Waals surface area contributed by atoms with Crippen LogP contribution in [-0.2, 0) is 14.8 Å². The zero-order chi connectivity index (χ0) is 20.3. The summed E-state index contributed by atoms with van der Waals surface area (Å²) < 4.78 is 27.7. The minimum atomic E-state index is -3.56. The predicted octanol–water partition coefficient (Wildman–Crippen LogP) is 4.53. The number of anilines is 1. The third-order valence-corrected chi connectivity index (χ3v) is 7.16. The van der Waals surface area contributed by atoms with Gasteiger partial charge in [-0.1, -0.05) is 48.0 Å². The summed E-state index contributed by atoms with van der Waals surface area (Å²) in [6, 6.07) is 14.3. The third kappa shape index (κ3) is 4.71. The standard InChI is InChI=1S/C21H23BrN2O3S/c1-15(2)16-3-7-19(8-4-16)23-21(25)17-11-13-24(14-12-17)28(26,27)20-9-5-18(22)6-10-20/h3-11,15H,12-14H2,1-2H3,(H,23,25). The smallest absolute Gasteiger partial charge is 0.251 e. The molecule has 0 unspecified atom stereocenters. The summed E-state index contributed by atoms with van der Waals surface area (Å²) in [5, 5.41) is 2.89. The van der Waals surface area contributed by atoms with E-state index in [4.69, 9.17) is 0 Å². The highest BCUT2D eigenvalue weighted by Crippen LogP contribution is 2.23. The van der Waals surface area contributed by atoms with E-state index in [1.165, 1.54) is 9.87 Å². The van der Waals surface area contributed by atoms with Crippen molar-refractivity contribution in [3.8, 4) is 0 Å². The van der Waals surface area contributed by atoms with E-state index in [1.807, 2.05) is 24.3 Å². The number of nitrogens with one attached hydrogen (secondary N) is 1. The normalized spacial score (nSPS) is 15.4. The number of rotatable bonds is 5. The van der Waals surface area contributed by atoms with E-state index in [0.717, 1.165) is 10.2 Å². The molecule has 148 valence electrons. The van der Waals surface area contributed by atoms with Crippen molar-refractivity contribution in [2.45, 2.75) is 31.1 Å². The first-order valence-electron chi connectivity index (χ1n) is 9.13. The summed E-state index contributed by atoms with van der Waals surface area (Å²) in [5.41, 5.74) is 2.55. The molecular weight excluding hydrogens is 440 g/mol. The van der Waals surface area contributed by atoms with Gasteiger partial charge in [-0.15, -0.1) is 0 Å². The quantitative estimate of drug-likeness (QED) is 0.709. The Balaban J connectivity index is 1.65. The minimum absolute atomic E-state index is 0.182. The molecule has 2 aromatic rings. The number of halogens is 1. The van der Waals surface area contributed by atoms with Gasteiger partial charge in [0.25, 0.3) is 5.91 Å². The number of sulfonamides is 1. The maximum absolute atomic E-state index is 12.7. The van der Waals surface area contributed by atoms with E-state index in [-0.39, 0.29) is 23.9 Å². The first-order valence-corrected chi connectivity index (χ1v) is 11.4. The zero-order valence-corrected chi connectivity index (χ0v) is 18.3. The number of hydrogen-bond acceptors (Lipinski definition) is 3. The maximum atomic E-state index is 12.7. The predicted molar refractivity (Wildman–Crippen MR) is 115 cm³/mol. The van der Waals surface area contributed by atoms with Gasteiger partial charge >= 0.3 is 0 Å². The van der Waals surface area contributed by atoms with Crippen LogP contribution in [0.15, 0.2) is 69.5 Å². The summed E-state index contributed by atoms with van der Waals surface area (Å²) in [6.45, 7) is 4.71. The highest BCUT2D eigenvalue weighted by Gasteiger charge is 2.27. The van der Waals surface area contributed by atoms with Gasteiger partial charge < -0.3 is 5.32 Å². The summed E-state index contributed by atoms with van der Waals surface area (Å²) in [4.78, 5) is 12.7. The molecule has 28 heavy (non-hydrogen) atoms. The summed E-state index contributed by atoms with van der Waals surface area (Å²) in [5.74, 6) is 0.252. The third-order valence-electron chi connectivity index (χ3n) is 4.75. The Bertz CT molecular complexity index is 981. The second-order valence-electron chi connectivity index (χ2n) is 7.03. The van der Waals surface area contributed by atoms with Gasteiger partial charge in [-0.2, -0.15) is 4.31 Å². The van der Waals surface area contributed by atoms with Crippen molar-refractivity contribution in [1.29, 1.82) is 0 Å². The molecule has 2 aromatic carbocycles. The van der Waals surface area contributed by atoms with Gasteiger partial charge in [0.05, 0.1) is 4.90 Å². The number of benzene rings is 2. The van der Waals surface area contributed by atoms with Crippen molar-refractivity contribution in [3.05, 3.63) is 70.2 Å². The van der Waals surface area contributed by atoms with Gasteiger partial charge in [-0.05, 0) is 54.3 Å². The van der Waals surface area contributed by atoms with Crippen molar-refractivity contribution in [2.75, 3.05) is 18.4 Å². The van der Waals surface area contributed by atoms with Crippen LogP contribution in [-0.4, -0.2) is 31.7 Å². The van der Waals surface area contributed by atoms with Gasteiger partial charge in [0.1, 0.15) is 0 Å². The van der Waals surface area contributed by atoms with Gasteiger partial charge in [0.15, 0.2) is 0 Å². The zero-order valence-electron chi connectivity index (χ0n) is 15.9. The van der Waals surface area contributed by atoms with Crippen molar-refractivity contribution in [3.63, 3.8) is 0 Å². The van der Waals surface area contributed by atoms with Crippen LogP contribution in [0, 0.1) is 0 Å². The van der Waals surface area contributed by atoms with Gasteiger partial charge in [0.2, 0.25) is 10.0 Å². The van der Waals surface area contributed by atoms with Crippen LogP contribution in [0.3, 0.4) is 0 Å². The minimum Gasteiger partial charge on any atom is -0.322 e. The molecule has 1 amide bonds. The fourth-order valence-corrected chi connectivity index (χ4v) is 4.64. The van der Waals surface area contributed by atoms with Crippen LogP contribution in [0.1, 0.15) is 31.7 Å². The first-order chi connectivity index (χ1) is 13.3. The second-order valence-corrected chi connectivity index (χ2v) is 9.88. The fraction of sp³-hybridized carbons (Fsp3) is 0.286. The molecule has 1 N–H and O–H groups in total. The molecule has 0 radical (unpaired) electrons. The molecule has 0 saturated carbocycles. The van der Waals surface area contributed by atoms with Crippen LogP contribution in [0.25, 0.3) is 0 Å². The number of carbonyl (C=O) groups is 1. The largest absolute Gasteiger partial charge is 0.322 e. The van der Waals surface area contributed by atoms with Crippen LogP contribution in [0.5, 0.6) is 0 Å². The van der Waals surface area contributed by atoms with Gasteiger partial charge in [-0.3, -0.25) is 4.79 Å². The van der Waals surface area contributed by atoms with E-state index in [1.54, 1.807) is 30.3 Å². The molecule has 1 aliphatic heterocycles. The van der Waals surface area contributed by atoms with Gasteiger partial charge in [-0.25, -0.2) is 8.42 Å². The first kappa shape index (κ1) is 20.8. The Labute approximate surface area is 174 Å². The molecule has 7 heteroatoms. The van der Waals surface area contributed by atoms with E-state index in [9.17, 15) is 13.2 Å². The maximum Gasteiger partial charge on any atom is 0.251 e. The molecule has 0 spiro atoms. The summed E-state index contributed by atoms with van der Waals surface area (Å²) in [7, 11) is -3.56. The number of amides is 1. The summed E-state index contributed by atoms with van der Waals surface area (Å²) >= 11 is 3.31. The molecule has 0 aromatic heterocycles. The lowest BCUT2D eigenvalue weighted by Crippen LogP contribution is -2.36. The lowest BCUT2D eigenvalue weighted by Gasteiger charge is -2.25. The molecule has 1 aliphatic rings. The Hall–Kier alpha value is -1.96. The number of hydrogen-bond donors (Lipinski definition) is 1. The Morgan fingerprint density at radius 1 is 1.07 bits per heavy atom. The van der Waals surface area contributed by atoms with Crippen LogP contribution in [0.2, 0.25) is 0 Å². The Morgan fingerprint density at radius 2 is 1.71 bits per heavy atom. The number of carbonyl (C=O) groups excluding carboxylic acids is 1. The van der Waals surface area contributed by atoms with Gasteiger partial charge in [0, 0.05) is 28.8 Å². The molecule has 0 aliphatic carbocycles. The number of nitrogens with zero attached hydrogens (tertiary/aromatic N) is 1. The van der Waals surface area contributed by atoms with Crippen LogP contribution >= 0.6 is 15.9 Å². The van der Waals surface area contributed by atoms with Crippen molar-refractivity contribution in [1.82, 2.24) is 4.31 Å². The van der Waals surface area contributed by atoms with Crippen LogP contribution in [0.4, 0.5) is 5.69 Å². The molecular formula is C21H23BrN2O3S. The topological polar surface area (TPSA) is 66.5 Å². The molecule has 0 atom stereocenters. The molecule has 3 rings (SSSR count). The van der Waals surface area contributed by atoms with Crippen molar-refractivity contribution >= 4 is 37.5 Å². The van der Waals surface area contributed by atoms with Crippen molar-refractivity contribution < 1.29 is 13.2 Å². The molecule has 1 heterocycles. The molecule has 5 nitrogen and oxygen atoms in total. The van der Waals surface area contributed by atoms with Crippen LogP contribution < -0.4 is 5.32 Å². The molecule has 0 bridgehead atoms. The Kier molecular flexibility index (Phi) is 6.37. The fourth-order valence-electron chi connectivity index (χ4n) is 2.99. The molecule has 0 fully saturated rings. The highest BCUT2D eigenvalue weighted by molar-refractivity contribution is 9.10. The lowest BCUT2D eigenvalue weighted by atomic mass is 10.0. The van der Waals surface area contributed by atoms with E-state index >= 15 is 0 Å². The highest BCUT2D eigenvalue weighted by atomic mass is 79.9. The van der Waals surface area contributed by atoms with E-state index in [2.05, 4.69) is 35.1 Å². The van der Waals surface area contributed by atoms with Crippen molar-refractivity contribution in [2.24, 2.45) is 0 Å². The molecule has 0 saturated heterocycles. The lowest BCUT2D eigenvalue weighted by molar-refractivity contribution is -0.113. The average molecular weight is 463 g/mol. The summed E-state index contributed by atoms with van der Waals surface area (Å²) in [6.07, 6.45) is 2.07. The SMILES string of the molecule is CC(C)c1ccc(NC(=O)C2=CCN(S(=O)(=O)c3ccc(Br)cc3)CC2)cc1. The second kappa shape index (κ2) is 8.59.